The Morgan fingerprint density at radius 1 is 0.927 bits per heavy atom. The minimum absolute atomic E-state index is 0.0229. The lowest BCUT2D eigenvalue weighted by molar-refractivity contribution is 0.0697. The molecule has 1 atom stereocenters. The van der Waals surface area contributed by atoms with Crippen LogP contribution in [0.5, 0.6) is 0 Å². The summed E-state index contributed by atoms with van der Waals surface area (Å²) in [5.74, 6) is -0.925. The van der Waals surface area contributed by atoms with Crippen LogP contribution in [-0.2, 0) is 0 Å². The minimum Gasteiger partial charge on any atom is -0.478 e. The van der Waals surface area contributed by atoms with E-state index in [2.05, 4.69) is 17.2 Å². The average Bonchev–Trinajstić information content (AvgIpc) is 3.38. The summed E-state index contributed by atoms with van der Waals surface area (Å²) >= 11 is 6.71. The fraction of sp³-hybridized carbons (Fsp3) is 0.147. The fourth-order valence-corrected chi connectivity index (χ4v) is 5.35. The lowest BCUT2D eigenvalue weighted by Gasteiger charge is -2.19. The molecule has 0 fully saturated rings. The number of rotatable bonds is 9. The second kappa shape index (κ2) is 12.2. The van der Waals surface area contributed by atoms with Crippen molar-refractivity contribution < 1.29 is 14.7 Å². The molecule has 0 aliphatic heterocycles. The highest BCUT2D eigenvalue weighted by molar-refractivity contribution is 6.34. The number of nitrogens with zero attached hydrogens (tertiary/aromatic N) is 1. The van der Waals surface area contributed by atoms with E-state index < -0.39 is 5.97 Å². The van der Waals surface area contributed by atoms with Gasteiger partial charge in [-0.2, -0.15) is 0 Å². The van der Waals surface area contributed by atoms with Gasteiger partial charge in [-0.3, -0.25) is 4.79 Å². The Bertz CT molecular complexity index is 1700. The van der Waals surface area contributed by atoms with Crippen LogP contribution in [0.25, 0.3) is 33.8 Å². The number of carboxylic acids is 1. The molecule has 206 valence electrons. The summed E-state index contributed by atoms with van der Waals surface area (Å²) in [7, 11) is 0. The second-order valence-corrected chi connectivity index (χ2v) is 10.3. The van der Waals surface area contributed by atoms with E-state index in [1.807, 2.05) is 73.7 Å². The highest BCUT2D eigenvalue weighted by Crippen LogP contribution is 2.39. The third-order valence-electron chi connectivity index (χ3n) is 7.07. The third-order valence-corrected chi connectivity index (χ3v) is 7.38. The van der Waals surface area contributed by atoms with E-state index in [9.17, 15) is 14.7 Å². The number of carbonyl (C=O) groups excluding carboxylic acids is 1. The number of aryl methyl sites for hydroxylation is 1. The largest absolute Gasteiger partial charge is 0.478 e. The summed E-state index contributed by atoms with van der Waals surface area (Å²) in [5, 5.41) is 13.7. The standard InChI is InChI=1S/C34H30ClN3O3/c1-3-11-29(22-12-6-4-7-13-22)37-33(39)24-18-19-25(27(20-24)34(40)41)30-26(16-10-17-28(30)35)32-36-21(2)31(38-32)23-14-8-5-9-15-23/h4-10,12-20,29H,3,11H2,1-2H3,(H,36,38)(H,37,39)(H,40,41)/t29-/m1/s1. The first-order valence-electron chi connectivity index (χ1n) is 13.5. The van der Waals surface area contributed by atoms with Crippen molar-refractivity contribution in [2.24, 2.45) is 0 Å². The van der Waals surface area contributed by atoms with Gasteiger partial charge in [0.15, 0.2) is 0 Å². The molecule has 5 aromatic rings. The first kappa shape index (κ1) is 27.9. The molecule has 0 spiro atoms. The van der Waals surface area contributed by atoms with Gasteiger partial charge in [0.05, 0.1) is 17.3 Å². The van der Waals surface area contributed by atoms with Gasteiger partial charge in [0.1, 0.15) is 5.82 Å². The third kappa shape index (κ3) is 5.93. The van der Waals surface area contributed by atoms with Crippen LogP contribution in [0.1, 0.15) is 57.8 Å². The van der Waals surface area contributed by atoms with Crippen molar-refractivity contribution in [3.8, 4) is 33.8 Å². The first-order valence-corrected chi connectivity index (χ1v) is 13.9. The SMILES string of the molecule is CCC[C@@H](NC(=O)c1ccc(-c2c(Cl)cccc2-c2nc(-c3ccccc3)c(C)[nH]2)c(C(=O)O)c1)c1ccccc1. The summed E-state index contributed by atoms with van der Waals surface area (Å²) in [5.41, 5.74) is 5.48. The van der Waals surface area contributed by atoms with Crippen LogP contribution in [0.3, 0.4) is 0 Å². The Morgan fingerprint density at radius 2 is 1.63 bits per heavy atom. The molecule has 1 amide bonds. The van der Waals surface area contributed by atoms with E-state index in [1.165, 1.54) is 6.07 Å². The van der Waals surface area contributed by atoms with Crippen LogP contribution < -0.4 is 5.32 Å². The Balaban J connectivity index is 1.54. The molecule has 0 saturated carbocycles. The molecule has 6 nitrogen and oxygen atoms in total. The Kier molecular flexibility index (Phi) is 8.31. The number of aromatic carboxylic acids is 1. The monoisotopic (exact) mass is 563 g/mol. The molecule has 7 heteroatoms. The number of H-pyrrole nitrogens is 1. The highest BCUT2D eigenvalue weighted by atomic mass is 35.5. The van der Waals surface area contributed by atoms with Gasteiger partial charge in [0.2, 0.25) is 0 Å². The van der Waals surface area contributed by atoms with Crippen LogP contribution in [0.4, 0.5) is 0 Å². The molecule has 41 heavy (non-hydrogen) atoms. The van der Waals surface area contributed by atoms with Crippen molar-refractivity contribution in [2.45, 2.75) is 32.7 Å². The molecule has 0 bridgehead atoms. The number of aromatic amines is 1. The van der Waals surface area contributed by atoms with Crippen LogP contribution in [0.2, 0.25) is 5.02 Å². The summed E-state index contributed by atoms with van der Waals surface area (Å²) in [6.07, 6.45) is 1.64. The number of hydrogen-bond acceptors (Lipinski definition) is 3. The second-order valence-electron chi connectivity index (χ2n) is 9.88. The van der Waals surface area contributed by atoms with E-state index in [0.29, 0.717) is 27.5 Å². The van der Waals surface area contributed by atoms with Gasteiger partial charge in [0, 0.05) is 33.0 Å². The van der Waals surface area contributed by atoms with E-state index in [4.69, 9.17) is 16.6 Å². The zero-order chi connectivity index (χ0) is 28.9. The molecule has 3 N–H and O–H groups in total. The van der Waals surface area contributed by atoms with Gasteiger partial charge in [-0.25, -0.2) is 9.78 Å². The van der Waals surface area contributed by atoms with E-state index in [1.54, 1.807) is 24.3 Å². The lowest BCUT2D eigenvalue weighted by atomic mass is 9.93. The van der Waals surface area contributed by atoms with Gasteiger partial charge < -0.3 is 15.4 Å². The quantitative estimate of drug-likeness (QED) is 0.168. The van der Waals surface area contributed by atoms with Gasteiger partial charge in [-0.15, -0.1) is 0 Å². The smallest absolute Gasteiger partial charge is 0.336 e. The predicted molar refractivity (Wildman–Crippen MR) is 163 cm³/mol. The van der Waals surface area contributed by atoms with Gasteiger partial charge in [-0.1, -0.05) is 104 Å². The zero-order valence-corrected chi connectivity index (χ0v) is 23.6. The highest BCUT2D eigenvalue weighted by Gasteiger charge is 2.23. The number of carboxylic acid groups (broad SMARTS) is 1. The maximum atomic E-state index is 13.3. The van der Waals surface area contributed by atoms with E-state index in [-0.39, 0.29) is 23.1 Å². The molecule has 4 aromatic carbocycles. The molecule has 0 aliphatic rings. The van der Waals surface area contributed by atoms with Gasteiger partial charge in [-0.05, 0) is 42.7 Å². The number of amides is 1. The number of imidazole rings is 1. The van der Waals surface area contributed by atoms with Gasteiger partial charge >= 0.3 is 5.97 Å². The molecule has 1 heterocycles. The molecule has 0 unspecified atom stereocenters. The summed E-state index contributed by atoms with van der Waals surface area (Å²) in [6.45, 7) is 4.00. The van der Waals surface area contributed by atoms with Crippen molar-refractivity contribution in [3.63, 3.8) is 0 Å². The fourth-order valence-electron chi connectivity index (χ4n) is 5.08. The zero-order valence-electron chi connectivity index (χ0n) is 22.8. The van der Waals surface area contributed by atoms with Crippen molar-refractivity contribution in [1.82, 2.24) is 15.3 Å². The molecule has 0 radical (unpaired) electrons. The molecule has 0 saturated heterocycles. The Labute approximate surface area is 244 Å². The molecule has 1 aromatic heterocycles. The normalized spacial score (nSPS) is 11.7. The van der Waals surface area contributed by atoms with Crippen LogP contribution in [0, 0.1) is 6.92 Å². The van der Waals surface area contributed by atoms with Crippen molar-refractivity contribution >= 4 is 23.5 Å². The maximum absolute atomic E-state index is 13.3. The summed E-state index contributed by atoms with van der Waals surface area (Å²) in [4.78, 5) is 34.0. The Hall–Kier alpha value is -4.68. The summed E-state index contributed by atoms with van der Waals surface area (Å²) < 4.78 is 0. The molecular weight excluding hydrogens is 534 g/mol. The number of hydrogen-bond donors (Lipinski definition) is 3. The van der Waals surface area contributed by atoms with Crippen molar-refractivity contribution in [1.29, 1.82) is 0 Å². The number of halogens is 1. The Morgan fingerprint density at radius 3 is 2.32 bits per heavy atom. The van der Waals surface area contributed by atoms with E-state index >= 15 is 0 Å². The number of carbonyl (C=O) groups is 2. The number of nitrogens with one attached hydrogen (secondary N) is 2. The van der Waals surface area contributed by atoms with E-state index in [0.717, 1.165) is 35.4 Å². The van der Waals surface area contributed by atoms with Crippen LogP contribution >= 0.6 is 11.6 Å². The van der Waals surface area contributed by atoms with Crippen LogP contribution in [0.15, 0.2) is 97.1 Å². The molecule has 0 aliphatic carbocycles. The van der Waals surface area contributed by atoms with Crippen molar-refractivity contribution in [2.75, 3.05) is 0 Å². The predicted octanol–water partition coefficient (Wildman–Crippen LogP) is 8.34. The number of aromatic nitrogens is 2. The first-order chi connectivity index (χ1) is 19.9. The topological polar surface area (TPSA) is 95.1 Å². The lowest BCUT2D eigenvalue weighted by Crippen LogP contribution is -2.28. The van der Waals surface area contributed by atoms with Gasteiger partial charge in [0.25, 0.3) is 5.91 Å². The summed E-state index contributed by atoms with van der Waals surface area (Å²) in [6, 6.07) is 29.5. The van der Waals surface area contributed by atoms with Crippen LogP contribution in [-0.4, -0.2) is 27.0 Å². The maximum Gasteiger partial charge on any atom is 0.336 e. The molecular formula is C34H30ClN3O3. The van der Waals surface area contributed by atoms with Crippen molar-refractivity contribution in [3.05, 3.63) is 124 Å². The molecule has 5 rings (SSSR count). The number of benzene rings is 4. The minimum atomic E-state index is -1.16. The average molecular weight is 564 g/mol.